The van der Waals surface area contributed by atoms with Gasteiger partial charge in [-0.05, 0) is 12.1 Å². The Bertz CT molecular complexity index is 551. The van der Waals surface area contributed by atoms with Crippen LogP contribution >= 0.6 is 39.1 Å². The fraction of sp³-hybridized carbons (Fsp3) is 0.333. The Labute approximate surface area is 129 Å². The normalized spacial score (nSPS) is 17.6. The molecule has 7 heteroatoms. The molecule has 0 bridgehead atoms. The van der Waals surface area contributed by atoms with E-state index in [1.165, 1.54) is 6.92 Å². The van der Waals surface area contributed by atoms with Crippen molar-refractivity contribution in [1.29, 1.82) is 0 Å². The Kier molecular flexibility index (Phi) is 4.38. The Morgan fingerprint density at radius 2 is 2.05 bits per heavy atom. The van der Waals surface area contributed by atoms with Crippen molar-refractivity contribution in [3.63, 3.8) is 0 Å². The summed E-state index contributed by atoms with van der Waals surface area (Å²) < 4.78 is 0. The molecule has 1 N–H and O–H groups in total. The number of amides is 2. The topological polar surface area (TPSA) is 49.4 Å². The van der Waals surface area contributed by atoms with Gasteiger partial charge in [0.05, 0.1) is 10.7 Å². The van der Waals surface area contributed by atoms with Gasteiger partial charge in [0.25, 0.3) is 5.91 Å². The zero-order chi connectivity index (χ0) is 14.2. The van der Waals surface area contributed by atoms with Crippen LogP contribution in [0.1, 0.15) is 18.5 Å². The quantitative estimate of drug-likeness (QED) is 0.837. The minimum absolute atomic E-state index is 0.223. The predicted octanol–water partition coefficient (Wildman–Crippen LogP) is 2.91. The second kappa shape index (κ2) is 5.69. The lowest BCUT2D eigenvalue weighted by molar-refractivity contribution is -0.126. The number of halogens is 3. The van der Waals surface area contributed by atoms with Crippen molar-refractivity contribution in [3.05, 3.63) is 27.7 Å². The standard InChI is InChI=1S/C12H11BrCl2N2O2/c1-6(18)16-10-9-7(14)2-3-8(15)11(9)17(5-4-13)12(10)19/h2-3,10H,4-5H2,1H3,(H,16,18). The highest BCUT2D eigenvalue weighted by Crippen LogP contribution is 2.44. The minimum Gasteiger partial charge on any atom is -0.341 e. The summed E-state index contributed by atoms with van der Waals surface area (Å²) in [6, 6.07) is 2.51. The third-order valence-electron chi connectivity index (χ3n) is 2.84. The average molecular weight is 366 g/mol. The first-order valence-corrected chi connectivity index (χ1v) is 7.47. The molecule has 0 aliphatic carbocycles. The number of nitrogens with one attached hydrogen (secondary N) is 1. The predicted molar refractivity (Wildman–Crippen MR) is 79.2 cm³/mol. The Hall–Kier alpha value is -0.780. The molecule has 102 valence electrons. The van der Waals surface area contributed by atoms with Gasteiger partial charge in [0.1, 0.15) is 6.04 Å². The summed E-state index contributed by atoms with van der Waals surface area (Å²) in [6.07, 6.45) is 0. The molecular weight excluding hydrogens is 355 g/mol. The average Bonchev–Trinajstić information content (AvgIpc) is 2.60. The molecule has 1 aromatic carbocycles. The van der Waals surface area contributed by atoms with Gasteiger partial charge >= 0.3 is 0 Å². The maximum atomic E-state index is 12.4. The van der Waals surface area contributed by atoms with Crippen LogP contribution in [0.4, 0.5) is 5.69 Å². The molecule has 4 nitrogen and oxygen atoms in total. The Balaban J connectivity index is 2.56. The molecule has 1 unspecified atom stereocenters. The first kappa shape index (κ1) is 14.6. The summed E-state index contributed by atoms with van der Waals surface area (Å²) in [5.41, 5.74) is 1.15. The molecule has 19 heavy (non-hydrogen) atoms. The lowest BCUT2D eigenvalue weighted by Gasteiger charge is -2.17. The molecule has 1 aliphatic rings. The Morgan fingerprint density at radius 3 is 2.63 bits per heavy atom. The van der Waals surface area contributed by atoms with E-state index >= 15 is 0 Å². The summed E-state index contributed by atoms with van der Waals surface area (Å²) in [5.74, 6) is -0.513. The SMILES string of the molecule is CC(=O)NC1C(=O)N(CCBr)c2c(Cl)ccc(Cl)c21. The van der Waals surface area contributed by atoms with E-state index in [-0.39, 0.29) is 11.8 Å². The lowest BCUT2D eigenvalue weighted by atomic mass is 10.1. The lowest BCUT2D eigenvalue weighted by Crippen LogP contribution is -2.37. The number of hydrogen-bond donors (Lipinski definition) is 1. The van der Waals surface area contributed by atoms with E-state index in [9.17, 15) is 9.59 Å². The van der Waals surface area contributed by atoms with Crippen molar-refractivity contribution in [2.24, 2.45) is 0 Å². The van der Waals surface area contributed by atoms with Crippen LogP contribution in [0.3, 0.4) is 0 Å². The highest BCUT2D eigenvalue weighted by Gasteiger charge is 2.40. The van der Waals surface area contributed by atoms with Gasteiger partial charge in [-0.1, -0.05) is 39.1 Å². The van der Waals surface area contributed by atoms with Gasteiger partial charge in [-0.25, -0.2) is 0 Å². The highest BCUT2D eigenvalue weighted by molar-refractivity contribution is 9.09. The fourth-order valence-electron chi connectivity index (χ4n) is 2.14. The van der Waals surface area contributed by atoms with Gasteiger partial charge in [-0.15, -0.1) is 0 Å². The number of alkyl halides is 1. The highest BCUT2D eigenvalue weighted by atomic mass is 79.9. The van der Waals surface area contributed by atoms with Crippen LogP contribution in [0.15, 0.2) is 12.1 Å². The molecule has 0 saturated carbocycles. The summed E-state index contributed by atoms with van der Waals surface area (Å²) in [6.45, 7) is 1.82. The number of rotatable bonds is 3. The van der Waals surface area contributed by atoms with Crippen molar-refractivity contribution >= 4 is 56.6 Å². The van der Waals surface area contributed by atoms with Gasteiger partial charge in [0, 0.05) is 29.4 Å². The van der Waals surface area contributed by atoms with Crippen LogP contribution in [0.2, 0.25) is 10.0 Å². The number of benzene rings is 1. The van der Waals surface area contributed by atoms with E-state index in [0.717, 1.165) is 0 Å². The number of nitrogens with zero attached hydrogens (tertiary/aromatic N) is 1. The largest absolute Gasteiger partial charge is 0.341 e. The van der Waals surface area contributed by atoms with E-state index in [0.29, 0.717) is 33.2 Å². The van der Waals surface area contributed by atoms with Crippen LogP contribution < -0.4 is 10.2 Å². The summed E-state index contributed by atoms with van der Waals surface area (Å²) in [4.78, 5) is 25.2. The molecule has 0 radical (unpaired) electrons. The smallest absolute Gasteiger partial charge is 0.254 e. The van der Waals surface area contributed by atoms with Crippen LogP contribution in [-0.4, -0.2) is 23.7 Å². The molecule has 1 atom stereocenters. The monoisotopic (exact) mass is 364 g/mol. The zero-order valence-corrected chi connectivity index (χ0v) is 13.1. The van der Waals surface area contributed by atoms with E-state index in [2.05, 4.69) is 21.2 Å². The molecular formula is C12H11BrCl2N2O2. The summed E-state index contributed by atoms with van der Waals surface area (Å²) in [7, 11) is 0. The molecule has 2 amide bonds. The van der Waals surface area contributed by atoms with Crippen molar-refractivity contribution < 1.29 is 9.59 Å². The maximum Gasteiger partial charge on any atom is 0.254 e. The van der Waals surface area contributed by atoms with E-state index < -0.39 is 6.04 Å². The van der Waals surface area contributed by atoms with Crippen molar-refractivity contribution in [2.75, 3.05) is 16.8 Å². The third kappa shape index (κ3) is 2.59. The second-order valence-corrected chi connectivity index (χ2v) is 5.71. The third-order valence-corrected chi connectivity index (χ3v) is 3.83. The first-order valence-electron chi connectivity index (χ1n) is 5.59. The van der Waals surface area contributed by atoms with Crippen LogP contribution in [0.25, 0.3) is 0 Å². The van der Waals surface area contributed by atoms with Gasteiger partial charge in [0.2, 0.25) is 5.91 Å². The molecule has 0 spiro atoms. The molecule has 0 saturated heterocycles. The van der Waals surface area contributed by atoms with Crippen LogP contribution in [-0.2, 0) is 9.59 Å². The number of carbonyl (C=O) groups excluding carboxylic acids is 2. The van der Waals surface area contributed by atoms with E-state index in [1.807, 2.05) is 0 Å². The molecule has 2 rings (SSSR count). The molecule has 1 heterocycles. The van der Waals surface area contributed by atoms with Gasteiger partial charge in [-0.3, -0.25) is 9.59 Å². The van der Waals surface area contributed by atoms with E-state index in [1.54, 1.807) is 17.0 Å². The van der Waals surface area contributed by atoms with Crippen LogP contribution in [0, 0.1) is 0 Å². The van der Waals surface area contributed by atoms with Gasteiger partial charge < -0.3 is 10.2 Å². The summed E-state index contributed by atoms with van der Waals surface area (Å²) >= 11 is 15.6. The van der Waals surface area contributed by atoms with Gasteiger partial charge in [-0.2, -0.15) is 0 Å². The second-order valence-electron chi connectivity index (χ2n) is 4.10. The maximum absolute atomic E-state index is 12.4. The molecule has 1 aliphatic heterocycles. The number of anilines is 1. The first-order chi connectivity index (χ1) is 8.97. The van der Waals surface area contributed by atoms with E-state index in [4.69, 9.17) is 23.2 Å². The molecule has 0 aromatic heterocycles. The van der Waals surface area contributed by atoms with Crippen molar-refractivity contribution in [1.82, 2.24) is 5.32 Å². The van der Waals surface area contributed by atoms with Crippen molar-refractivity contribution in [2.45, 2.75) is 13.0 Å². The summed E-state index contributed by atoms with van der Waals surface area (Å²) in [5, 5.41) is 4.09. The molecule has 1 aromatic rings. The fourth-order valence-corrected chi connectivity index (χ4v) is 3.02. The minimum atomic E-state index is -0.766. The number of hydrogen-bond acceptors (Lipinski definition) is 2. The Morgan fingerprint density at radius 1 is 1.42 bits per heavy atom. The van der Waals surface area contributed by atoms with Crippen LogP contribution in [0.5, 0.6) is 0 Å². The van der Waals surface area contributed by atoms with Gasteiger partial charge in [0.15, 0.2) is 0 Å². The van der Waals surface area contributed by atoms with Crippen molar-refractivity contribution in [3.8, 4) is 0 Å². The number of fused-ring (bicyclic) bond motifs is 1. The zero-order valence-electron chi connectivity index (χ0n) is 10.0. The number of carbonyl (C=O) groups is 2. The molecule has 0 fully saturated rings.